The van der Waals surface area contributed by atoms with E-state index in [1.54, 1.807) is 16.4 Å². The largest absolute Gasteiger partial charge is 0.312 e. The number of hydrogen-bond acceptors (Lipinski definition) is 3. The van der Waals surface area contributed by atoms with Crippen LogP contribution in [0.4, 0.5) is 0 Å². The lowest BCUT2D eigenvalue weighted by Crippen LogP contribution is -2.35. The molecule has 1 aromatic carbocycles. The number of piperidine rings is 1. The topological polar surface area (TPSA) is 49.4 Å². The summed E-state index contributed by atoms with van der Waals surface area (Å²) >= 11 is 0. The van der Waals surface area contributed by atoms with Gasteiger partial charge in [-0.3, -0.25) is 0 Å². The first-order chi connectivity index (χ1) is 10.2. The standard InChI is InChI=1S/C16H24N2O2S/c19-21(20,18-10-2-1-3-11-18)16-8-6-15(7-9-16)13-17-12-14-4-5-14/h6-9,14,17H,1-5,10-13H2. The smallest absolute Gasteiger partial charge is 0.243 e. The second-order valence-electron chi connectivity index (χ2n) is 6.18. The lowest BCUT2D eigenvalue weighted by molar-refractivity contribution is 0.346. The zero-order chi connectivity index (χ0) is 14.7. The third-order valence-electron chi connectivity index (χ3n) is 4.34. The van der Waals surface area contributed by atoms with Crippen LogP contribution in [0.15, 0.2) is 29.2 Å². The predicted molar refractivity (Wildman–Crippen MR) is 83.5 cm³/mol. The van der Waals surface area contributed by atoms with Gasteiger partial charge in [-0.15, -0.1) is 0 Å². The van der Waals surface area contributed by atoms with Crippen molar-refractivity contribution < 1.29 is 8.42 Å². The highest BCUT2D eigenvalue weighted by molar-refractivity contribution is 7.89. The molecule has 0 atom stereocenters. The molecule has 1 saturated carbocycles. The molecule has 1 saturated heterocycles. The van der Waals surface area contributed by atoms with Gasteiger partial charge >= 0.3 is 0 Å². The normalized spacial score (nSPS) is 20.6. The lowest BCUT2D eigenvalue weighted by atomic mass is 10.2. The van der Waals surface area contributed by atoms with Gasteiger partial charge < -0.3 is 5.32 Å². The minimum atomic E-state index is -3.29. The molecular formula is C16H24N2O2S. The van der Waals surface area contributed by atoms with Gasteiger partial charge in [0.1, 0.15) is 0 Å². The Morgan fingerprint density at radius 1 is 1.05 bits per heavy atom. The number of benzene rings is 1. The predicted octanol–water partition coefficient (Wildman–Crippen LogP) is 2.36. The molecule has 3 rings (SSSR count). The molecule has 5 heteroatoms. The SMILES string of the molecule is O=S(=O)(c1ccc(CNCC2CC2)cc1)N1CCCCC1. The first kappa shape index (κ1) is 15.0. The minimum absolute atomic E-state index is 0.426. The van der Waals surface area contributed by atoms with Crippen LogP contribution in [0, 0.1) is 5.92 Å². The fraction of sp³-hybridized carbons (Fsp3) is 0.625. The summed E-state index contributed by atoms with van der Waals surface area (Å²) in [6, 6.07) is 7.35. The Balaban J connectivity index is 1.61. The summed E-state index contributed by atoms with van der Waals surface area (Å²) < 4.78 is 26.7. The fourth-order valence-corrected chi connectivity index (χ4v) is 4.29. The zero-order valence-corrected chi connectivity index (χ0v) is 13.2. The Hall–Kier alpha value is -0.910. The molecule has 0 unspecified atom stereocenters. The van der Waals surface area contributed by atoms with Gasteiger partial charge in [-0.25, -0.2) is 8.42 Å². The average Bonchev–Trinajstić information content (AvgIpc) is 3.33. The van der Waals surface area contributed by atoms with Crippen molar-refractivity contribution in [2.75, 3.05) is 19.6 Å². The Kier molecular flexibility index (Phi) is 4.62. The number of rotatable bonds is 6. The van der Waals surface area contributed by atoms with Crippen LogP contribution in [0.5, 0.6) is 0 Å². The molecule has 1 aromatic rings. The van der Waals surface area contributed by atoms with E-state index in [4.69, 9.17) is 0 Å². The van der Waals surface area contributed by atoms with Gasteiger partial charge in [-0.2, -0.15) is 4.31 Å². The third kappa shape index (κ3) is 3.84. The third-order valence-corrected chi connectivity index (χ3v) is 6.25. The van der Waals surface area contributed by atoms with E-state index in [9.17, 15) is 8.42 Å². The van der Waals surface area contributed by atoms with Gasteiger partial charge in [0.25, 0.3) is 0 Å². The van der Waals surface area contributed by atoms with E-state index < -0.39 is 10.0 Å². The van der Waals surface area contributed by atoms with E-state index in [0.717, 1.165) is 43.8 Å². The molecule has 116 valence electrons. The lowest BCUT2D eigenvalue weighted by Gasteiger charge is -2.25. The summed E-state index contributed by atoms with van der Waals surface area (Å²) in [5.74, 6) is 0.865. The summed E-state index contributed by atoms with van der Waals surface area (Å²) in [7, 11) is -3.29. The van der Waals surface area contributed by atoms with Crippen LogP contribution in [0.1, 0.15) is 37.7 Å². The highest BCUT2D eigenvalue weighted by atomic mass is 32.2. The average molecular weight is 308 g/mol. The first-order valence-electron chi connectivity index (χ1n) is 7.96. The Labute approximate surface area is 127 Å². The van der Waals surface area contributed by atoms with Gasteiger partial charge in [0.2, 0.25) is 10.0 Å². The molecule has 0 spiro atoms. The second-order valence-corrected chi connectivity index (χ2v) is 8.12. The molecule has 1 N–H and O–H groups in total. The quantitative estimate of drug-likeness (QED) is 0.877. The second kappa shape index (κ2) is 6.46. The van der Waals surface area contributed by atoms with E-state index in [0.29, 0.717) is 18.0 Å². The number of nitrogens with zero attached hydrogens (tertiary/aromatic N) is 1. The van der Waals surface area contributed by atoms with E-state index in [2.05, 4.69) is 5.32 Å². The van der Waals surface area contributed by atoms with E-state index >= 15 is 0 Å². The number of sulfonamides is 1. The van der Waals surface area contributed by atoms with E-state index in [-0.39, 0.29) is 0 Å². The maximum Gasteiger partial charge on any atom is 0.243 e. The van der Waals surface area contributed by atoms with Crippen molar-refractivity contribution in [3.8, 4) is 0 Å². The van der Waals surface area contributed by atoms with Gasteiger partial charge in [-0.05, 0) is 55.8 Å². The molecule has 0 bridgehead atoms. The molecule has 0 amide bonds. The molecule has 0 radical (unpaired) electrons. The van der Waals surface area contributed by atoms with E-state index in [1.165, 1.54) is 12.8 Å². The van der Waals surface area contributed by atoms with Crippen molar-refractivity contribution in [1.82, 2.24) is 9.62 Å². The van der Waals surface area contributed by atoms with Gasteiger partial charge in [-0.1, -0.05) is 18.6 Å². The Bertz CT molecular complexity index is 558. The van der Waals surface area contributed by atoms with Crippen molar-refractivity contribution in [3.63, 3.8) is 0 Å². The summed E-state index contributed by atoms with van der Waals surface area (Å²) in [4.78, 5) is 0.426. The van der Waals surface area contributed by atoms with Crippen molar-refractivity contribution in [1.29, 1.82) is 0 Å². The molecule has 21 heavy (non-hydrogen) atoms. The fourth-order valence-electron chi connectivity index (χ4n) is 2.78. The summed E-state index contributed by atoms with van der Waals surface area (Å²) in [6.45, 7) is 3.22. The Morgan fingerprint density at radius 3 is 2.33 bits per heavy atom. The van der Waals surface area contributed by atoms with Crippen molar-refractivity contribution >= 4 is 10.0 Å². The van der Waals surface area contributed by atoms with Crippen molar-refractivity contribution in [3.05, 3.63) is 29.8 Å². The van der Waals surface area contributed by atoms with Gasteiger partial charge in [0.15, 0.2) is 0 Å². The van der Waals surface area contributed by atoms with Crippen LogP contribution in [-0.4, -0.2) is 32.4 Å². The molecule has 1 aliphatic heterocycles. The maximum atomic E-state index is 12.5. The van der Waals surface area contributed by atoms with Crippen molar-refractivity contribution in [2.45, 2.75) is 43.5 Å². The zero-order valence-electron chi connectivity index (χ0n) is 12.4. The van der Waals surface area contributed by atoms with E-state index in [1.807, 2.05) is 12.1 Å². The van der Waals surface area contributed by atoms with Gasteiger partial charge in [0.05, 0.1) is 4.90 Å². The van der Waals surface area contributed by atoms with Crippen LogP contribution in [0.3, 0.4) is 0 Å². The van der Waals surface area contributed by atoms with Crippen LogP contribution in [-0.2, 0) is 16.6 Å². The summed E-state index contributed by atoms with van der Waals surface area (Å²) in [5.41, 5.74) is 1.15. The van der Waals surface area contributed by atoms with Gasteiger partial charge in [0, 0.05) is 19.6 Å². The summed E-state index contributed by atoms with van der Waals surface area (Å²) in [5, 5.41) is 3.43. The molecule has 2 fully saturated rings. The van der Waals surface area contributed by atoms with Crippen LogP contribution < -0.4 is 5.32 Å². The summed E-state index contributed by atoms with van der Waals surface area (Å²) in [6.07, 6.45) is 5.78. The minimum Gasteiger partial charge on any atom is -0.312 e. The first-order valence-corrected chi connectivity index (χ1v) is 9.40. The van der Waals surface area contributed by atoms with Crippen LogP contribution in [0.25, 0.3) is 0 Å². The molecule has 1 aliphatic carbocycles. The number of nitrogens with one attached hydrogen (secondary N) is 1. The molecule has 0 aromatic heterocycles. The maximum absolute atomic E-state index is 12.5. The molecule has 2 aliphatic rings. The monoisotopic (exact) mass is 308 g/mol. The molecule has 1 heterocycles. The molecule has 4 nitrogen and oxygen atoms in total. The molecular weight excluding hydrogens is 284 g/mol. The van der Waals surface area contributed by atoms with Crippen molar-refractivity contribution in [2.24, 2.45) is 5.92 Å². The highest BCUT2D eigenvalue weighted by Gasteiger charge is 2.25. The van der Waals surface area contributed by atoms with Crippen LogP contribution in [0.2, 0.25) is 0 Å². The number of hydrogen-bond donors (Lipinski definition) is 1. The Morgan fingerprint density at radius 2 is 1.71 bits per heavy atom. The van der Waals surface area contributed by atoms with Crippen LogP contribution >= 0.6 is 0 Å². The highest BCUT2D eigenvalue weighted by Crippen LogP contribution is 2.27.